The first-order chi connectivity index (χ1) is 40.2. The fourth-order valence-corrected chi connectivity index (χ4v) is 12.2. The third kappa shape index (κ3) is 14.6. The molecule has 3 fully saturated rings. The average molecular weight is 1180 g/mol. The first-order valence-corrected chi connectivity index (χ1v) is 29.7. The molecule has 6 aromatic rings. The van der Waals surface area contributed by atoms with E-state index in [-0.39, 0.29) is 109 Å². The van der Waals surface area contributed by atoms with Crippen molar-refractivity contribution in [2.45, 2.75) is 76.4 Å². The molecule has 3 aliphatic rings. The van der Waals surface area contributed by atoms with Crippen molar-refractivity contribution >= 4 is 85.8 Å². The molecule has 440 valence electrons. The minimum Gasteiger partial charge on any atom is -0.508 e. The number of nitrogens with zero attached hydrogens (tertiary/aromatic N) is 7. The lowest BCUT2D eigenvalue weighted by Crippen LogP contribution is -2.55. The predicted molar refractivity (Wildman–Crippen MR) is 319 cm³/mol. The van der Waals surface area contributed by atoms with Gasteiger partial charge in [0.15, 0.2) is 5.82 Å². The Labute approximate surface area is 491 Å². The number of ketones is 1. The van der Waals surface area contributed by atoms with Gasteiger partial charge in [-0.25, -0.2) is 14.4 Å². The van der Waals surface area contributed by atoms with E-state index < -0.39 is 17.9 Å². The second-order valence-corrected chi connectivity index (χ2v) is 22.4. The summed E-state index contributed by atoms with van der Waals surface area (Å²) in [7, 11) is 3.41. The fraction of sp³-hybridized carbons (Fsp3) is 0.443. The third-order valence-corrected chi connectivity index (χ3v) is 17.0. The number of hydrogen-bond donors (Lipinski definition) is 4. The Balaban J connectivity index is 0.716. The Morgan fingerprint density at radius 3 is 2.42 bits per heavy atom. The summed E-state index contributed by atoms with van der Waals surface area (Å²) in [6.07, 6.45) is 7.88. The van der Waals surface area contributed by atoms with Crippen molar-refractivity contribution in [2.24, 2.45) is 5.92 Å². The molecule has 4 heterocycles. The van der Waals surface area contributed by atoms with Gasteiger partial charge in [-0.2, -0.15) is 4.98 Å². The van der Waals surface area contributed by atoms with Crippen LogP contribution in [0.1, 0.15) is 85.4 Å². The van der Waals surface area contributed by atoms with Gasteiger partial charge in [-0.3, -0.25) is 24.0 Å². The van der Waals surface area contributed by atoms with Gasteiger partial charge in [0.05, 0.1) is 43.5 Å². The summed E-state index contributed by atoms with van der Waals surface area (Å²) >= 11 is 8.26. The minimum absolute atomic E-state index is 0.000423. The van der Waals surface area contributed by atoms with E-state index in [2.05, 4.69) is 27.5 Å². The number of nitrogens with one attached hydrogen (secondary N) is 3. The summed E-state index contributed by atoms with van der Waals surface area (Å²) in [5.74, 6) is -0.520. The molecular formula is C61H72ClFN10O9S. The largest absolute Gasteiger partial charge is 0.508 e. The number of carbonyl (C=O) groups excluding carboxylic acids is 5. The van der Waals surface area contributed by atoms with E-state index in [0.29, 0.717) is 95.4 Å². The number of fused-ring (bicyclic) bond motifs is 2. The molecule has 0 spiro atoms. The van der Waals surface area contributed by atoms with E-state index in [1.807, 2.05) is 34.1 Å². The van der Waals surface area contributed by atoms with Crippen molar-refractivity contribution in [3.63, 3.8) is 0 Å². The topological polar surface area (TPSA) is 221 Å². The van der Waals surface area contributed by atoms with Crippen LogP contribution >= 0.6 is 22.9 Å². The summed E-state index contributed by atoms with van der Waals surface area (Å²) in [6, 6.07) is 17.6. The van der Waals surface area contributed by atoms with Gasteiger partial charge in [0, 0.05) is 81.2 Å². The highest BCUT2D eigenvalue weighted by Gasteiger charge is 2.40. The number of rotatable bonds is 25. The predicted octanol–water partition coefficient (Wildman–Crippen LogP) is 8.18. The van der Waals surface area contributed by atoms with Gasteiger partial charge in [0.2, 0.25) is 35.4 Å². The average Bonchev–Trinajstić information content (AvgIpc) is 3.21. The van der Waals surface area contributed by atoms with Crippen LogP contribution in [-0.4, -0.2) is 169 Å². The van der Waals surface area contributed by atoms with E-state index in [0.717, 1.165) is 44.9 Å². The number of phenolic OH excluding ortho intramolecular Hbond substituents is 1. The standard InChI is InChI=1S/C61H72ClFN10O9S/c1-5-50(75)71-23-25-72(26-24-71)57-46-36-47(62)52(45-35-42(74)33-40-15-9-10-18-44(40)45)53(63)55(46)68-61(69-57)65-21-20-51(76)70(4)27-28-80-29-30-81-31-32-82-43-17-11-16-41(34-43)56(77)48-37-83-59(66-48)49-19-12-22-73(49)60(79)54(39-13-7-6-8-14-39)67-58(78)38(2)64-3/h5,9-11,15-18,33-39,49,54,64,74H,1,6-8,12-14,19-32H2,2-4H3,(H,67,78)(H,65,68,69)/t38?,49-,54?/m0/s1. The molecule has 19 nitrogen and oxygen atoms in total. The summed E-state index contributed by atoms with van der Waals surface area (Å²) < 4.78 is 34.4. The highest BCUT2D eigenvalue weighted by molar-refractivity contribution is 7.10. The first-order valence-electron chi connectivity index (χ1n) is 28.5. The lowest BCUT2D eigenvalue weighted by atomic mass is 9.83. The zero-order valence-corrected chi connectivity index (χ0v) is 48.7. The minimum atomic E-state index is -0.698. The second kappa shape index (κ2) is 28.3. The number of thiazole rings is 1. The lowest BCUT2D eigenvalue weighted by molar-refractivity contribution is -0.139. The van der Waals surface area contributed by atoms with Crippen molar-refractivity contribution in [3.05, 3.63) is 112 Å². The monoisotopic (exact) mass is 1170 g/mol. The Bertz CT molecular complexity index is 3320. The summed E-state index contributed by atoms with van der Waals surface area (Å²) in [4.78, 5) is 87.8. The molecule has 4 amide bonds. The van der Waals surface area contributed by atoms with E-state index >= 15 is 4.39 Å². The molecule has 2 saturated heterocycles. The Kier molecular flexibility index (Phi) is 20.6. The third-order valence-electron chi connectivity index (χ3n) is 15.7. The van der Waals surface area contributed by atoms with Crippen LogP contribution in [0, 0.1) is 11.7 Å². The molecule has 1 aliphatic carbocycles. The van der Waals surface area contributed by atoms with Gasteiger partial charge >= 0.3 is 0 Å². The Hall–Kier alpha value is -7.30. The molecule has 3 atom stereocenters. The van der Waals surface area contributed by atoms with Gasteiger partial charge in [0.25, 0.3) is 0 Å². The number of ether oxygens (including phenoxy) is 3. The number of hydrogen-bond acceptors (Lipinski definition) is 16. The molecule has 4 aromatic carbocycles. The second-order valence-electron chi connectivity index (χ2n) is 21.1. The summed E-state index contributed by atoms with van der Waals surface area (Å²) in [5, 5.41) is 24.1. The highest BCUT2D eigenvalue weighted by atomic mass is 35.5. The zero-order chi connectivity index (χ0) is 58.6. The van der Waals surface area contributed by atoms with Gasteiger partial charge < -0.3 is 54.9 Å². The van der Waals surface area contributed by atoms with E-state index in [1.165, 1.54) is 23.5 Å². The fourth-order valence-electron chi connectivity index (χ4n) is 11.0. The number of aromatic hydroxyl groups is 1. The highest BCUT2D eigenvalue weighted by Crippen LogP contribution is 2.43. The quantitative estimate of drug-likeness (QED) is 0.0241. The van der Waals surface area contributed by atoms with Crippen molar-refractivity contribution < 1.29 is 47.7 Å². The molecule has 9 rings (SSSR count). The van der Waals surface area contributed by atoms with Gasteiger partial charge in [-0.1, -0.05) is 73.8 Å². The Morgan fingerprint density at radius 2 is 1.65 bits per heavy atom. The van der Waals surface area contributed by atoms with Crippen LogP contribution in [0.15, 0.2) is 84.8 Å². The number of aromatic nitrogens is 3. The van der Waals surface area contributed by atoms with Crippen LogP contribution in [0.2, 0.25) is 5.02 Å². The SMILES string of the molecule is C=CC(=O)N1CCN(c2nc(NCCC(=O)N(C)CCOCCOCCOc3cccc(C(=O)c4csc([C@@H]5CCCN5C(=O)C(NC(=O)C(C)NC)C5CCCCC5)n4)c3)nc3c(F)c(-c4cc(O)cc5ccccc45)c(Cl)cc23)CC1. The number of amides is 4. The van der Waals surface area contributed by atoms with E-state index in [1.54, 1.807) is 72.6 Å². The van der Waals surface area contributed by atoms with Crippen LogP contribution in [0.3, 0.4) is 0 Å². The van der Waals surface area contributed by atoms with Crippen molar-refractivity contribution in [2.75, 3.05) is 103 Å². The van der Waals surface area contributed by atoms with E-state index in [4.69, 9.17) is 35.8 Å². The number of phenols is 1. The number of carbonyl (C=O) groups is 5. The summed E-state index contributed by atoms with van der Waals surface area (Å²) in [6.45, 7) is 9.37. The molecule has 2 aromatic heterocycles. The number of halogens is 2. The van der Waals surface area contributed by atoms with Crippen LogP contribution in [0.25, 0.3) is 32.8 Å². The lowest BCUT2D eigenvalue weighted by Gasteiger charge is -2.35. The zero-order valence-electron chi connectivity index (χ0n) is 47.2. The van der Waals surface area contributed by atoms with Crippen LogP contribution in [0.4, 0.5) is 16.2 Å². The molecule has 83 heavy (non-hydrogen) atoms. The van der Waals surface area contributed by atoms with Gasteiger partial charge in [0.1, 0.15) is 46.2 Å². The molecule has 0 radical (unpaired) electrons. The van der Waals surface area contributed by atoms with Crippen molar-refractivity contribution in [3.8, 4) is 22.6 Å². The molecule has 22 heteroatoms. The number of anilines is 2. The maximum absolute atomic E-state index is 17.0. The first kappa shape index (κ1) is 60.3. The normalized spacial score (nSPS) is 16.4. The molecule has 2 aliphatic heterocycles. The maximum Gasteiger partial charge on any atom is 0.246 e. The molecular weight excluding hydrogens is 1100 g/mol. The van der Waals surface area contributed by atoms with Gasteiger partial charge in [-0.05, 0) is 98.3 Å². The molecule has 0 bridgehead atoms. The molecule has 4 N–H and O–H groups in total. The number of benzene rings is 4. The van der Waals surface area contributed by atoms with Crippen LogP contribution in [0.5, 0.6) is 11.5 Å². The van der Waals surface area contributed by atoms with E-state index in [9.17, 15) is 29.1 Å². The van der Waals surface area contributed by atoms with Crippen LogP contribution in [-0.2, 0) is 28.7 Å². The molecule has 2 unspecified atom stereocenters. The smallest absolute Gasteiger partial charge is 0.246 e. The maximum atomic E-state index is 17.0. The number of likely N-dealkylation sites (N-methyl/N-ethyl adjacent to an activating group) is 2. The number of likely N-dealkylation sites (tertiary alicyclic amines) is 1. The number of piperazine rings is 1. The van der Waals surface area contributed by atoms with Gasteiger partial charge in [-0.15, -0.1) is 11.3 Å². The summed E-state index contributed by atoms with van der Waals surface area (Å²) in [5.41, 5.74) is 1.20. The van der Waals surface area contributed by atoms with Crippen molar-refractivity contribution in [1.29, 1.82) is 0 Å². The molecule has 1 saturated carbocycles. The Morgan fingerprint density at radius 1 is 0.892 bits per heavy atom. The van der Waals surface area contributed by atoms with Crippen LogP contribution < -0.4 is 25.6 Å². The van der Waals surface area contributed by atoms with Crippen molar-refractivity contribution in [1.82, 2.24) is 40.3 Å².